The number of likely N-dealkylation sites (tertiary alicyclic amines) is 1. The molecule has 0 aliphatic carbocycles. The zero-order valence-electron chi connectivity index (χ0n) is 10.6. The van der Waals surface area contributed by atoms with Crippen molar-refractivity contribution < 1.29 is 14.3 Å². The second-order valence-corrected chi connectivity index (χ2v) is 5.51. The van der Waals surface area contributed by atoms with Crippen LogP contribution < -0.4 is 0 Å². The van der Waals surface area contributed by atoms with Gasteiger partial charge in [0.05, 0.1) is 0 Å². The van der Waals surface area contributed by atoms with Crippen molar-refractivity contribution in [1.82, 2.24) is 4.90 Å². The van der Waals surface area contributed by atoms with E-state index in [0.29, 0.717) is 23.7 Å². The van der Waals surface area contributed by atoms with Gasteiger partial charge in [0.25, 0.3) is 0 Å². The molecule has 19 heavy (non-hydrogen) atoms. The molecule has 0 saturated carbocycles. The number of rotatable bonds is 4. The van der Waals surface area contributed by atoms with Crippen LogP contribution in [0.4, 0.5) is 4.39 Å². The van der Waals surface area contributed by atoms with Gasteiger partial charge >= 0.3 is 5.97 Å². The van der Waals surface area contributed by atoms with Crippen molar-refractivity contribution in [2.75, 3.05) is 13.1 Å². The lowest BCUT2D eigenvalue weighted by Crippen LogP contribution is -2.36. The highest BCUT2D eigenvalue weighted by atomic mass is 35.5. The summed E-state index contributed by atoms with van der Waals surface area (Å²) in [4.78, 5) is 12.8. The van der Waals surface area contributed by atoms with E-state index >= 15 is 0 Å². The van der Waals surface area contributed by atoms with Gasteiger partial charge in [-0.25, -0.2) is 4.39 Å². The zero-order chi connectivity index (χ0) is 13.8. The Morgan fingerprint density at radius 1 is 1.53 bits per heavy atom. The third-order valence-electron chi connectivity index (χ3n) is 3.47. The molecule has 1 aliphatic rings. The molecule has 5 heteroatoms. The Bertz CT molecular complexity index is 467. The topological polar surface area (TPSA) is 40.5 Å². The largest absolute Gasteiger partial charge is 0.481 e. The van der Waals surface area contributed by atoms with Crippen LogP contribution in [0.25, 0.3) is 0 Å². The second kappa shape index (κ2) is 6.35. The van der Waals surface area contributed by atoms with Crippen molar-refractivity contribution >= 4 is 17.6 Å². The molecule has 3 nitrogen and oxygen atoms in total. The first-order chi connectivity index (χ1) is 9.04. The molecule has 2 rings (SSSR count). The Kier molecular flexibility index (Phi) is 4.77. The van der Waals surface area contributed by atoms with Crippen LogP contribution in [-0.2, 0) is 11.3 Å². The maximum atomic E-state index is 13.7. The Morgan fingerprint density at radius 2 is 2.32 bits per heavy atom. The van der Waals surface area contributed by atoms with E-state index in [2.05, 4.69) is 4.90 Å². The smallest absolute Gasteiger partial charge is 0.303 e. The van der Waals surface area contributed by atoms with Gasteiger partial charge in [-0.15, -0.1) is 0 Å². The van der Waals surface area contributed by atoms with Crippen LogP contribution in [0, 0.1) is 11.7 Å². The first-order valence-corrected chi connectivity index (χ1v) is 6.80. The molecule has 1 saturated heterocycles. The number of hydrogen-bond acceptors (Lipinski definition) is 2. The lowest BCUT2D eigenvalue weighted by Gasteiger charge is -2.32. The first-order valence-electron chi connectivity index (χ1n) is 6.42. The van der Waals surface area contributed by atoms with Crippen molar-refractivity contribution in [2.45, 2.75) is 25.8 Å². The SMILES string of the molecule is O=C(O)CC1CCCN(Cc2cc(Cl)ccc2F)C1. The number of halogens is 2. The molecule has 1 aromatic rings. The lowest BCUT2D eigenvalue weighted by molar-refractivity contribution is -0.138. The van der Waals surface area contributed by atoms with Crippen molar-refractivity contribution in [3.05, 3.63) is 34.6 Å². The van der Waals surface area contributed by atoms with Crippen molar-refractivity contribution in [3.63, 3.8) is 0 Å². The molecule has 1 aromatic carbocycles. The van der Waals surface area contributed by atoms with E-state index in [-0.39, 0.29) is 18.2 Å². The normalized spacial score (nSPS) is 20.4. The van der Waals surface area contributed by atoms with Gasteiger partial charge in [-0.3, -0.25) is 9.69 Å². The quantitative estimate of drug-likeness (QED) is 0.924. The van der Waals surface area contributed by atoms with Gasteiger partial charge in [0, 0.05) is 30.1 Å². The minimum Gasteiger partial charge on any atom is -0.481 e. The van der Waals surface area contributed by atoms with Gasteiger partial charge in [0.15, 0.2) is 0 Å². The van der Waals surface area contributed by atoms with E-state index in [0.717, 1.165) is 19.4 Å². The van der Waals surface area contributed by atoms with Crippen LogP contribution in [0.5, 0.6) is 0 Å². The average Bonchev–Trinajstić information content (AvgIpc) is 2.33. The van der Waals surface area contributed by atoms with E-state index in [1.54, 1.807) is 6.07 Å². The van der Waals surface area contributed by atoms with Gasteiger partial charge in [-0.05, 0) is 43.5 Å². The summed E-state index contributed by atoms with van der Waals surface area (Å²) < 4.78 is 13.7. The summed E-state index contributed by atoms with van der Waals surface area (Å²) in [6.45, 7) is 2.07. The number of hydrogen-bond donors (Lipinski definition) is 1. The maximum Gasteiger partial charge on any atom is 0.303 e. The molecule has 0 amide bonds. The minimum absolute atomic E-state index is 0.161. The van der Waals surface area contributed by atoms with Crippen molar-refractivity contribution in [1.29, 1.82) is 0 Å². The van der Waals surface area contributed by atoms with Gasteiger partial charge in [-0.2, -0.15) is 0 Å². The van der Waals surface area contributed by atoms with Crippen molar-refractivity contribution in [3.8, 4) is 0 Å². The first kappa shape index (κ1) is 14.3. The van der Waals surface area contributed by atoms with E-state index in [1.165, 1.54) is 12.1 Å². The van der Waals surface area contributed by atoms with Crippen LogP contribution >= 0.6 is 11.6 Å². The number of carboxylic acid groups (broad SMARTS) is 1. The minimum atomic E-state index is -0.763. The van der Waals surface area contributed by atoms with Crippen LogP contribution in [0.2, 0.25) is 5.02 Å². The number of carbonyl (C=O) groups is 1. The number of carboxylic acids is 1. The fraction of sp³-hybridized carbons (Fsp3) is 0.500. The lowest BCUT2D eigenvalue weighted by atomic mass is 9.94. The average molecular weight is 286 g/mol. The predicted octanol–water partition coefficient (Wildman–Crippen LogP) is 3.17. The fourth-order valence-corrected chi connectivity index (χ4v) is 2.81. The molecule has 1 atom stereocenters. The molecule has 0 spiro atoms. The molecular weight excluding hydrogens is 269 g/mol. The Labute approximate surface area is 117 Å². The molecule has 1 aliphatic heterocycles. The number of aliphatic carboxylic acids is 1. The fourth-order valence-electron chi connectivity index (χ4n) is 2.61. The van der Waals surface area contributed by atoms with Gasteiger partial charge in [0.1, 0.15) is 5.82 Å². The molecule has 1 fully saturated rings. The maximum absolute atomic E-state index is 13.7. The summed E-state index contributed by atoms with van der Waals surface area (Å²) in [7, 11) is 0. The Morgan fingerprint density at radius 3 is 3.05 bits per heavy atom. The Hall–Kier alpha value is -1.13. The second-order valence-electron chi connectivity index (χ2n) is 5.08. The van der Waals surface area contributed by atoms with Crippen LogP contribution in [-0.4, -0.2) is 29.1 Å². The van der Waals surface area contributed by atoms with E-state index in [1.807, 2.05) is 0 Å². The van der Waals surface area contributed by atoms with Crippen molar-refractivity contribution in [2.24, 2.45) is 5.92 Å². The number of piperidine rings is 1. The zero-order valence-corrected chi connectivity index (χ0v) is 11.4. The summed E-state index contributed by atoms with van der Waals surface area (Å²) in [6, 6.07) is 4.54. The van der Waals surface area contributed by atoms with E-state index < -0.39 is 5.97 Å². The number of nitrogens with zero attached hydrogens (tertiary/aromatic N) is 1. The molecule has 0 aromatic heterocycles. The van der Waals surface area contributed by atoms with Crippen LogP contribution in [0.1, 0.15) is 24.8 Å². The predicted molar refractivity (Wildman–Crippen MR) is 71.7 cm³/mol. The highest BCUT2D eigenvalue weighted by Gasteiger charge is 2.22. The van der Waals surface area contributed by atoms with E-state index in [4.69, 9.17) is 16.7 Å². The summed E-state index contributed by atoms with van der Waals surface area (Å²) in [5.74, 6) is -0.862. The summed E-state index contributed by atoms with van der Waals surface area (Å²) in [6.07, 6.45) is 2.08. The molecule has 0 radical (unpaired) electrons. The molecule has 104 valence electrons. The molecular formula is C14H17ClFNO2. The van der Waals surface area contributed by atoms with E-state index in [9.17, 15) is 9.18 Å². The Balaban J connectivity index is 1.98. The van der Waals surface area contributed by atoms with Gasteiger partial charge < -0.3 is 5.11 Å². The standard InChI is InChI=1S/C14H17ClFNO2/c15-12-3-4-13(16)11(7-12)9-17-5-1-2-10(8-17)6-14(18)19/h3-4,7,10H,1-2,5-6,8-9H2,(H,18,19). The molecule has 1 unspecified atom stereocenters. The monoisotopic (exact) mass is 285 g/mol. The third kappa shape index (κ3) is 4.18. The number of benzene rings is 1. The summed E-state index contributed by atoms with van der Waals surface area (Å²) >= 11 is 5.87. The van der Waals surface area contributed by atoms with Gasteiger partial charge in [0.2, 0.25) is 0 Å². The van der Waals surface area contributed by atoms with Crippen LogP contribution in [0.15, 0.2) is 18.2 Å². The van der Waals surface area contributed by atoms with Gasteiger partial charge in [-0.1, -0.05) is 11.6 Å². The third-order valence-corrected chi connectivity index (χ3v) is 3.70. The molecule has 1 heterocycles. The highest BCUT2D eigenvalue weighted by Crippen LogP contribution is 2.23. The molecule has 1 N–H and O–H groups in total. The van der Waals surface area contributed by atoms with Crippen LogP contribution in [0.3, 0.4) is 0 Å². The molecule has 0 bridgehead atoms. The highest BCUT2D eigenvalue weighted by molar-refractivity contribution is 6.30. The summed E-state index contributed by atoms with van der Waals surface area (Å²) in [5.41, 5.74) is 0.573. The summed E-state index contributed by atoms with van der Waals surface area (Å²) in [5, 5.41) is 9.35.